The fourth-order valence-electron chi connectivity index (χ4n) is 2.37. The Hall–Kier alpha value is 0.0500. The molecule has 0 atom stereocenters. The van der Waals surface area contributed by atoms with Crippen LogP contribution in [0.15, 0.2) is 32.0 Å². The molecule has 1 aromatic rings. The number of hydrogen-bond acceptors (Lipinski definition) is 3. The van der Waals surface area contributed by atoms with Crippen molar-refractivity contribution in [2.45, 2.75) is 29.7 Å². The molecule has 2 rings (SSSR count). The fraction of sp³-hybridized carbons (Fsp3) is 0.538. The summed E-state index contributed by atoms with van der Waals surface area (Å²) in [5.74, 6) is 0. The molecule has 1 saturated carbocycles. The van der Waals surface area contributed by atoms with Crippen LogP contribution in [0.5, 0.6) is 0 Å². The highest BCUT2D eigenvalue weighted by molar-refractivity contribution is 9.11. The minimum atomic E-state index is -3.49. The van der Waals surface area contributed by atoms with E-state index in [0.29, 0.717) is 11.0 Å². The average molecular weight is 426 g/mol. The van der Waals surface area contributed by atoms with Crippen LogP contribution in [0.1, 0.15) is 19.3 Å². The molecule has 1 fully saturated rings. The maximum Gasteiger partial charge on any atom is 0.241 e. The summed E-state index contributed by atoms with van der Waals surface area (Å²) in [6, 6.07) is 5.06. The molecule has 0 unspecified atom stereocenters. The molecule has 0 saturated heterocycles. The standard InChI is InChI=1S/C13H18Br2N2O2S/c1-17(2)13(6-3-7-13)9-16-20(18,19)12-5-4-10(14)8-11(12)15/h4-5,8,16H,3,6-7,9H2,1-2H3. The number of halogens is 2. The second-order valence-electron chi connectivity index (χ2n) is 5.37. The van der Waals surface area contributed by atoms with Gasteiger partial charge in [0, 0.05) is 21.0 Å². The van der Waals surface area contributed by atoms with Gasteiger partial charge >= 0.3 is 0 Å². The molecular weight excluding hydrogens is 408 g/mol. The summed E-state index contributed by atoms with van der Waals surface area (Å²) >= 11 is 6.63. The van der Waals surface area contributed by atoms with Gasteiger partial charge in [-0.15, -0.1) is 0 Å². The highest BCUT2D eigenvalue weighted by Gasteiger charge is 2.39. The molecule has 0 heterocycles. The van der Waals surface area contributed by atoms with E-state index in [-0.39, 0.29) is 10.4 Å². The number of rotatable bonds is 5. The zero-order valence-electron chi connectivity index (χ0n) is 11.5. The average Bonchev–Trinajstić information content (AvgIpc) is 2.25. The Morgan fingerprint density at radius 3 is 2.40 bits per heavy atom. The molecule has 20 heavy (non-hydrogen) atoms. The van der Waals surface area contributed by atoms with Crippen molar-refractivity contribution in [1.29, 1.82) is 0 Å². The van der Waals surface area contributed by atoms with Gasteiger partial charge in [-0.1, -0.05) is 15.9 Å². The van der Waals surface area contributed by atoms with Crippen LogP contribution in [-0.2, 0) is 10.0 Å². The molecule has 1 aromatic carbocycles. The predicted octanol–water partition coefficient (Wildman–Crippen LogP) is 2.97. The van der Waals surface area contributed by atoms with Crippen LogP contribution >= 0.6 is 31.9 Å². The van der Waals surface area contributed by atoms with E-state index in [4.69, 9.17) is 0 Å². The minimum Gasteiger partial charge on any atom is -0.302 e. The highest BCUT2D eigenvalue weighted by atomic mass is 79.9. The van der Waals surface area contributed by atoms with Gasteiger partial charge in [0.1, 0.15) is 0 Å². The zero-order valence-corrected chi connectivity index (χ0v) is 15.5. The quantitative estimate of drug-likeness (QED) is 0.788. The largest absolute Gasteiger partial charge is 0.302 e. The van der Waals surface area contributed by atoms with Gasteiger partial charge in [-0.25, -0.2) is 13.1 Å². The molecule has 0 bridgehead atoms. The fourth-order valence-corrected chi connectivity index (χ4v) is 5.23. The first-order chi connectivity index (χ1) is 9.27. The smallest absolute Gasteiger partial charge is 0.241 e. The number of hydrogen-bond donors (Lipinski definition) is 1. The lowest BCUT2D eigenvalue weighted by atomic mass is 9.76. The lowest BCUT2D eigenvalue weighted by Crippen LogP contribution is -2.57. The second kappa shape index (κ2) is 6.04. The van der Waals surface area contributed by atoms with Gasteiger partial charge in [-0.3, -0.25) is 0 Å². The van der Waals surface area contributed by atoms with Crippen molar-refractivity contribution in [1.82, 2.24) is 9.62 Å². The van der Waals surface area contributed by atoms with E-state index in [1.165, 1.54) is 0 Å². The lowest BCUT2D eigenvalue weighted by molar-refractivity contribution is 0.0657. The Morgan fingerprint density at radius 1 is 1.30 bits per heavy atom. The van der Waals surface area contributed by atoms with Crippen LogP contribution in [0.4, 0.5) is 0 Å². The molecule has 0 radical (unpaired) electrons. The maximum absolute atomic E-state index is 12.4. The Labute approximate surface area is 137 Å². The molecule has 1 N–H and O–H groups in total. The summed E-state index contributed by atoms with van der Waals surface area (Å²) in [4.78, 5) is 2.39. The van der Waals surface area contributed by atoms with Crippen molar-refractivity contribution in [3.05, 3.63) is 27.1 Å². The van der Waals surface area contributed by atoms with Crippen molar-refractivity contribution in [2.75, 3.05) is 20.6 Å². The lowest BCUT2D eigenvalue weighted by Gasteiger charge is -2.47. The van der Waals surface area contributed by atoms with E-state index in [9.17, 15) is 8.42 Å². The molecule has 0 spiro atoms. The van der Waals surface area contributed by atoms with E-state index in [2.05, 4.69) is 41.5 Å². The van der Waals surface area contributed by atoms with Gasteiger partial charge in [0.25, 0.3) is 0 Å². The van der Waals surface area contributed by atoms with Crippen LogP contribution in [0.3, 0.4) is 0 Å². The first-order valence-corrected chi connectivity index (χ1v) is 9.46. The van der Waals surface area contributed by atoms with E-state index < -0.39 is 10.0 Å². The van der Waals surface area contributed by atoms with Gasteiger partial charge in [0.2, 0.25) is 10.0 Å². The molecule has 0 aromatic heterocycles. The van der Waals surface area contributed by atoms with Gasteiger partial charge in [0.05, 0.1) is 4.90 Å². The third-order valence-corrected chi connectivity index (χ3v) is 6.88. The summed E-state index contributed by atoms with van der Waals surface area (Å²) in [7, 11) is 0.511. The molecule has 112 valence electrons. The molecular formula is C13H18Br2N2O2S. The molecule has 7 heteroatoms. The van der Waals surface area contributed by atoms with Crippen molar-refractivity contribution < 1.29 is 8.42 Å². The zero-order chi connectivity index (χ0) is 15.0. The van der Waals surface area contributed by atoms with E-state index in [1.807, 2.05) is 14.1 Å². The second-order valence-corrected chi connectivity index (χ2v) is 8.88. The van der Waals surface area contributed by atoms with Crippen molar-refractivity contribution in [3.63, 3.8) is 0 Å². The number of sulfonamides is 1. The maximum atomic E-state index is 12.4. The van der Waals surface area contributed by atoms with Crippen molar-refractivity contribution in [3.8, 4) is 0 Å². The topological polar surface area (TPSA) is 49.4 Å². The number of likely N-dealkylation sites (N-methyl/N-ethyl adjacent to an activating group) is 1. The molecule has 1 aliphatic rings. The molecule has 0 amide bonds. The molecule has 0 aliphatic heterocycles. The van der Waals surface area contributed by atoms with Gasteiger partial charge < -0.3 is 4.90 Å². The van der Waals surface area contributed by atoms with Gasteiger partial charge in [0.15, 0.2) is 0 Å². The van der Waals surface area contributed by atoms with Crippen LogP contribution in [0, 0.1) is 0 Å². The van der Waals surface area contributed by atoms with Crippen LogP contribution < -0.4 is 4.72 Å². The summed E-state index contributed by atoms with van der Waals surface area (Å²) in [5.41, 5.74) is -0.0328. The normalized spacial score (nSPS) is 18.1. The summed E-state index contributed by atoms with van der Waals surface area (Å²) in [6.45, 7) is 0.449. The summed E-state index contributed by atoms with van der Waals surface area (Å²) in [5, 5.41) is 0. The van der Waals surface area contributed by atoms with E-state index >= 15 is 0 Å². The predicted molar refractivity (Wildman–Crippen MR) is 87.3 cm³/mol. The van der Waals surface area contributed by atoms with Crippen molar-refractivity contribution in [2.24, 2.45) is 0 Å². The number of benzene rings is 1. The summed E-state index contributed by atoms with van der Waals surface area (Å²) < 4.78 is 28.9. The van der Waals surface area contributed by atoms with E-state index in [1.54, 1.807) is 18.2 Å². The first kappa shape index (κ1) is 16.4. The summed E-state index contributed by atoms with van der Waals surface area (Å²) in [6.07, 6.45) is 3.22. The SMILES string of the molecule is CN(C)C1(CNS(=O)(=O)c2ccc(Br)cc2Br)CCC1. The van der Waals surface area contributed by atoms with Crippen LogP contribution in [0.2, 0.25) is 0 Å². The Balaban J connectivity index is 2.15. The molecule has 4 nitrogen and oxygen atoms in total. The van der Waals surface area contributed by atoms with E-state index in [0.717, 1.165) is 23.7 Å². The Bertz CT molecular complexity index is 598. The Kier molecular flexibility index (Phi) is 4.96. The third kappa shape index (κ3) is 3.27. The third-order valence-electron chi connectivity index (χ3n) is 4.01. The minimum absolute atomic E-state index is 0.0328. The monoisotopic (exact) mass is 424 g/mol. The number of nitrogens with zero attached hydrogens (tertiary/aromatic N) is 1. The van der Waals surface area contributed by atoms with Crippen LogP contribution in [0.25, 0.3) is 0 Å². The van der Waals surface area contributed by atoms with Gasteiger partial charge in [-0.05, 0) is 67.5 Å². The molecule has 1 aliphatic carbocycles. The highest BCUT2D eigenvalue weighted by Crippen LogP contribution is 2.36. The van der Waals surface area contributed by atoms with Crippen molar-refractivity contribution >= 4 is 41.9 Å². The van der Waals surface area contributed by atoms with Crippen LogP contribution in [-0.4, -0.2) is 39.5 Å². The van der Waals surface area contributed by atoms with Gasteiger partial charge in [-0.2, -0.15) is 0 Å². The first-order valence-electron chi connectivity index (χ1n) is 6.39. The number of nitrogens with one attached hydrogen (secondary N) is 1. The Morgan fingerprint density at radius 2 is 1.95 bits per heavy atom.